The van der Waals surface area contributed by atoms with Gasteiger partial charge in [-0.25, -0.2) is 0 Å². The van der Waals surface area contributed by atoms with Gasteiger partial charge in [-0.2, -0.15) is 13.2 Å². The van der Waals surface area contributed by atoms with Crippen LogP contribution in [0.4, 0.5) is 0 Å². The Morgan fingerprint density at radius 1 is 1.50 bits per heavy atom. The molecule has 0 spiro atoms. The number of allylic oxidation sites excluding steroid dienone is 5. The van der Waals surface area contributed by atoms with Crippen LogP contribution in [0.2, 0.25) is 0 Å². The van der Waals surface area contributed by atoms with Crippen molar-refractivity contribution in [1.82, 2.24) is 0 Å². The van der Waals surface area contributed by atoms with E-state index in [9.17, 15) is 8.42 Å². The van der Waals surface area contributed by atoms with Gasteiger partial charge in [0.25, 0.3) is 10.1 Å². The second-order valence-electron chi connectivity index (χ2n) is 3.72. The second kappa shape index (κ2) is 3.83. The van der Waals surface area contributed by atoms with E-state index in [1.165, 1.54) is 6.08 Å². The van der Waals surface area contributed by atoms with Gasteiger partial charge in [0, 0.05) is 6.08 Å². The van der Waals surface area contributed by atoms with Crippen LogP contribution in [-0.4, -0.2) is 28.7 Å². The molecule has 0 aromatic rings. The molecule has 2 unspecified atom stereocenters. The van der Waals surface area contributed by atoms with Crippen molar-refractivity contribution in [3.63, 3.8) is 0 Å². The molecule has 0 fully saturated rings. The molecule has 0 aliphatic heterocycles. The summed E-state index contributed by atoms with van der Waals surface area (Å²) in [4.78, 5) is 3.08. The average Bonchev–Trinajstić information content (AvgIpc) is 2.26. The summed E-state index contributed by atoms with van der Waals surface area (Å²) >= 11 is 0. The Morgan fingerprint density at radius 2 is 2.25 bits per heavy atom. The first kappa shape index (κ1) is 11.0. The number of rotatable bonds is 1. The van der Waals surface area contributed by atoms with Gasteiger partial charge in [0.2, 0.25) is 0 Å². The monoisotopic (exact) mass is 238 g/mol. The fourth-order valence-corrected chi connectivity index (χ4v) is 3.00. The van der Waals surface area contributed by atoms with Crippen LogP contribution in [0.15, 0.2) is 36.0 Å². The summed E-state index contributed by atoms with van der Waals surface area (Å²) in [7, 11) is -4.19. The zero-order valence-electron chi connectivity index (χ0n) is 8.31. The highest BCUT2D eigenvalue weighted by molar-refractivity contribution is 7.86. The maximum absolute atomic E-state index is 11.2. The highest BCUT2D eigenvalue weighted by Crippen LogP contribution is 2.32. The minimum Gasteiger partial charge on any atom is -0.361 e. The molecule has 16 heavy (non-hydrogen) atoms. The van der Waals surface area contributed by atoms with Crippen molar-refractivity contribution in [3.05, 3.63) is 41.5 Å². The molecule has 0 aromatic carbocycles. The van der Waals surface area contributed by atoms with E-state index in [0.29, 0.717) is 6.42 Å². The first-order chi connectivity index (χ1) is 7.54. The lowest BCUT2D eigenvalue weighted by molar-refractivity contribution is -0.00970. The van der Waals surface area contributed by atoms with Crippen molar-refractivity contribution < 1.29 is 17.8 Å². The van der Waals surface area contributed by atoms with Crippen LogP contribution in [-0.2, 0) is 10.1 Å². The largest absolute Gasteiger partial charge is 0.361 e. The summed E-state index contributed by atoms with van der Waals surface area (Å²) in [6, 6.07) is 0. The fraction of sp³-hybridized carbons (Fsp3) is 0.300. The van der Waals surface area contributed by atoms with Crippen LogP contribution in [0.3, 0.4) is 0 Å². The Hall–Kier alpha value is -1.49. The van der Waals surface area contributed by atoms with E-state index in [-0.39, 0.29) is 5.71 Å². The highest BCUT2D eigenvalue weighted by Gasteiger charge is 2.41. The van der Waals surface area contributed by atoms with Gasteiger partial charge in [-0.1, -0.05) is 29.9 Å². The average molecular weight is 238 g/mol. The minimum atomic E-state index is -4.19. The molecule has 2 aliphatic rings. The fourth-order valence-electron chi connectivity index (χ4n) is 2.05. The van der Waals surface area contributed by atoms with Gasteiger partial charge in [0.05, 0.1) is 0 Å². The third-order valence-corrected chi connectivity index (χ3v) is 3.88. The third kappa shape index (κ3) is 1.78. The minimum absolute atomic E-state index is 0.254. The standard InChI is InChI=1S/C10H10N2O3S/c11-12-8-5-1-3-7-4-2-6-9(10(7)8)16(13,14)15/h1-2,4-6,9-10H,3H2,(H,13,14,15). The molecule has 1 N–H and O–H groups in total. The molecule has 0 aromatic heterocycles. The smallest absolute Gasteiger partial charge is 0.300 e. The van der Waals surface area contributed by atoms with Crippen LogP contribution in [0.5, 0.6) is 0 Å². The van der Waals surface area contributed by atoms with E-state index in [2.05, 4.69) is 4.79 Å². The topological polar surface area (TPSA) is 90.8 Å². The van der Waals surface area contributed by atoms with Gasteiger partial charge in [0.1, 0.15) is 11.2 Å². The number of hydrogen-bond donors (Lipinski definition) is 1. The molecule has 0 bridgehead atoms. The predicted octanol–water partition coefficient (Wildman–Crippen LogP) is 0.986. The molecule has 2 rings (SSSR count). The van der Waals surface area contributed by atoms with E-state index in [1.54, 1.807) is 24.3 Å². The van der Waals surface area contributed by atoms with Crippen molar-refractivity contribution in [2.75, 3.05) is 0 Å². The molecule has 0 radical (unpaired) electrons. The Bertz CT molecular complexity index is 551. The summed E-state index contributed by atoms with van der Waals surface area (Å²) in [5.41, 5.74) is 9.90. The van der Waals surface area contributed by atoms with Crippen molar-refractivity contribution in [2.45, 2.75) is 11.7 Å². The summed E-state index contributed by atoms with van der Waals surface area (Å²) in [5.74, 6) is -0.588. The molecular weight excluding hydrogens is 228 g/mol. The van der Waals surface area contributed by atoms with Gasteiger partial charge in [-0.3, -0.25) is 4.55 Å². The summed E-state index contributed by atoms with van der Waals surface area (Å²) in [6.07, 6.45) is 8.73. The van der Waals surface area contributed by atoms with Crippen molar-refractivity contribution in [2.24, 2.45) is 5.92 Å². The van der Waals surface area contributed by atoms with Crippen LogP contribution >= 0.6 is 0 Å². The van der Waals surface area contributed by atoms with E-state index in [1.807, 2.05) is 0 Å². The molecule has 2 aliphatic carbocycles. The lowest BCUT2D eigenvalue weighted by atomic mass is 9.82. The molecule has 6 heteroatoms. The molecule has 0 saturated carbocycles. The van der Waals surface area contributed by atoms with Crippen LogP contribution < -0.4 is 0 Å². The van der Waals surface area contributed by atoms with Gasteiger partial charge in [-0.15, -0.1) is 0 Å². The van der Waals surface area contributed by atoms with Crippen molar-refractivity contribution in [1.29, 1.82) is 0 Å². The van der Waals surface area contributed by atoms with E-state index < -0.39 is 21.3 Å². The zero-order chi connectivity index (χ0) is 11.8. The van der Waals surface area contributed by atoms with Crippen molar-refractivity contribution >= 4 is 15.8 Å². The van der Waals surface area contributed by atoms with E-state index in [4.69, 9.17) is 10.1 Å². The Labute approximate surface area is 93.2 Å². The zero-order valence-corrected chi connectivity index (χ0v) is 9.13. The highest BCUT2D eigenvalue weighted by atomic mass is 32.2. The SMILES string of the molecule is [N-]=[N+]=C1C=CCC2=CC=CC(S(=O)(=O)O)C21. The maximum atomic E-state index is 11.2. The summed E-state index contributed by atoms with van der Waals surface area (Å²) in [5, 5.41) is -1.07. The number of hydrogen-bond acceptors (Lipinski definition) is 2. The molecule has 5 nitrogen and oxygen atoms in total. The number of nitrogens with zero attached hydrogens (tertiary/aromatic N) is 2. The first-order valence-electron chi connectivity index (χ1n) is 4.76. The van der Waals surface area contributed by atoms with Crippen LogP contribution in [0.25, 0.3) is 5.53 Å². The number of fused-ring (bicyclic) bond motifs is 1. The van der Waals surface area contributed by atoms with E-state index >= 15 is 0 Å². The lowest BCUT2D eigenvalue weighted by Crippen LogP contribution is -2.37. The van der Waals surface area contributed by atoms with E-state index in [0.717, 1.165) is 5.57 Å². The Morgan fingerprint density at radius 3 is 2.88 bits per heavy atom. The molecule has 84 valence electrons. The first-order valence-corrected chi connectivity index (χ1v) is 6.26. The third-order valence-electron chi connectivity index (χ3n) is 2.76. The molecule has 0 heterocycles. The van der Waals surface area contributed by atoms with Crippen molar-refractivity contribution in [3.8, 4) is 0 Å². The molecular formula is C10H10N2O3S. The quantitative estimate of drug-likeness (QED) is 0.419. The molecule has 0 amide bonds. The molecule has 2 atom stereocenters. The Balaban J connectivity index is 2.54. The van der Waals surface area contributed by atoms with Gasteiger partial charge >= 0.3 is 5.71 Å². The van der Waals surface area contributed by atoms with Gasteiger partial charge in [0.15, 0.2) is 0 Å². The lowest BCUT2D eigenvalue weighted by Gasteiger charge is -2.25. The predicted molar refractivity (Wildman–Crippen MR) is 58.4 cm³/mol. The Kier molecular flexibility index (Phi) is 2.63. The van der Waals surface area contributed by atoms with Gasteiger partial charge < -0.3 is 5.53 Å². The summed E-state index contributed by atoms with van der Waals surface area (Å²) in [6.45, 7) is 0. The van der Waals surface area contributed by atoms with Crippen LogP contribution in [0.1, 0.15) is 6.42 Å². The maximum Gasteiger partial charge on any atom is 0.300 e. The summed E-state index contributed by atoms with van der Waals surface area (Å²) < 4.78 is 31.6. The van der Waals surface area contributed by atoms with Gasteiger partial charge in [-0.05, 0) is 6.42 Å². The van der Waals surface area contributed by atoms with Crippen LogP contribution in [0, 0.1) is 5.92 Å². The molecule has 0 saturated heterocycles. The normalized spacial score (nSPS) is 28.3. The second-order valence-corrected chi connectivity index (χ2v) is 5.29.